The summed E-state index contributed by atoms with van der Waals surface area (Å²) in [5.41, 5.74) is 0.446. The van der Waals surface area contributed by atoms with E-state index in [1.807, 2.05) is 0 Å². The lowest BCUT2D eigenvalue weighted by Crippen LogP contribution is -2.33. The summed E-state index contributed by atoms with van der Waals surface area (Å²) in [7, 11) is 0. The minimum Gasteiger partial charge on any atom is -0.300 e. The molecule has 1 aliphatic carbocycles. The van der Waals surface area contributed by atoms with E-state index in [2.05, 4.69) is 27.7 Å². The minimum absolute atomic E-state index is 0.446. The lowest BCUT2D eigenvalue weighted by Gasteiger charge is -2.41. The lowest BCUT2D eigenvalue weighted by molar-refractivity contribution is -0.119. The average Bonchev–Trinajstić information content (AvgIpc) is 2.45. The molecule has 1 nitrogen and oxygen atoms in total. The van der Waals surface area contributed by atoms with Gasteiger partial charge in [-0.25, -0.2) is 0 Å². The Morgan fingerprint density at radius 1 is 1.12 bits per heavy atom. The van der Waals surface area contributed by atoms with Gasteiger partial charge in [0.25, 0.3) is 0 Å². The molecule has 94 valence electrons. The van der Waals surface area contributed by atoms with E-state index in [0.717, 1.165) is 25.2 Å². The Kier molecular flexibility index (Phi) is 5.01. The van der Waals surface area contributed by atoms with Crippen LogP contribution < -0.4 is 0 Å². The summed E-state index contributed by atoms with van der Waals surface area (Å²) in [4.78, 5) is 11.8. The monoisotopic (exact) mass is 224 g/mol. The van der Waals surface area contributed by atoms with Gasteiger partial charge in [-0.1, -0.05) is 53.4 Å². The third-order valence-corrected chi connectivity index (χ3v) is 5.12. The van der Waals surface area contributed by atoms with Crippen molar-refractivity contribution in [2.45, 2.75) is 72.6 Å². The Labute approximate surface area is 101 Å². The van der Waals surface area contributed by atoms with E-state index in [4.69, 9.17) is 0 Å². The molecular weight excluding hydrogens is 196 g/mol. The summed E-state index contributed by atoms with van der Waals surface area (Å²) in [6.45, 7) is 9.19. The number of Topliss-reactive ketones (excluding diaryl/α,β-unsaturated/α-hetero) is 1. The van der Waals surface area contributed by atoms with Crippen molar-refractivity contribution in [3.05, 3.63) is 0 Å². The third-order valence-electron chi connectivity index (χ3n) is 5.12. The summed E-state index contributed by atoms with van der Waals surface area (Å²) in [5.74, 6) is 1.91. The highest BCUT2D eigenvalue weighted by atomic mass is 16.1. The van der Waals surface area contributed by atoms with E-state index in [1.165, 1.54) is 25.7 Å². The van der Waals surface area contributed by atoms with E-state index < -0.39 is 0 Å². The smallest absolute Gasteiger partial charge is 0.133 e. The Balaban J connectivity index is 3.00. The first kappa shape index (κ1) is 13.7. The molecule has 0 saturated heterocycles. The van der Waals surface area contributed by atoms with Crippen LogP contribution in [0, 0.1) is 17.3 Å². The summed E-state index contributed by atoms with van der Waals surface area (Å²) < 4.78 is 0. The summed E-state index contributed by atoms with van der Waals surface area (Å²) in [6, 6.07) is 0. The van der Waals surface area contributed by atoms with Crippen molar-refractivity contribution in [2.75, 3.05) is 0 Å². The van der Waals surface area contributed by atoms with Crippen LogP contribution in [-0.4, -0.2) is 5.78 Å². The van der Waals surface area contributed by atoms with Crippen LogP contribution in [0.3, 0.4) is 0 Å². The second-order valence-corrected chi connectivity index (χ2v) is 5.50. The van der Waals surface area contributed by atoms with E-state index in [-0.39, 0.29) is 0 Å². The molecule has 0 aromatic heterocycles. The molecule has 0 N–H and O–H groups in total. The van der Waals surface area contributed by atoms with Crippen molar-refractivity contribution < 1.29 is 4.79 Å². The molecule has 1 rings (SSSR count). The van der Waals surface area contributed by atoms with Crippen LogP contribution in [0.1, 0.15) is 72.6 Å². The highest BCUT2D eigenvalue weighted by molar-refractivity contribution is 5.79. The molecule has 2 unspecified atom stereocenters. The number of hydrogen-bond acceptors (Lipinski definition) is 1. The highest BCUT2D eigenvalue weighted by Crippen LogP contribution is 2.49. The van der Waals surface area contributed by atoms with E-state index in [9.17, 15) is 4.79 Å². The zero-order valence-electron chi connectivity index (χ0n) is 11.5. The molecule has 1 fully saturated rings. The molecule has 0 radical (unpaired) electrons. The fraction of sp³-hybridized carbons (Fsp3) is 0.933. The standard InChI is InChI=1S/C15H28O/c1-5-12-11-13(16)9-10-15(7-3,8-4)14(12)6-2/h12,14H,5-11H2,1-4H3. The Hall–Kier alpha value is -0.330. The van der Waals surface area contributed by atoms with Gasteiger partial charge >= 0.3 is 0 Å². The van der Waals surface area contributed by atoms with Gasteiger partial charge in [0.15, 0.2) is 0 Å². The molecule has 16 heavy (non-hydrogen) atoms. The van der Waals surface area contributed by atoms with Crippen molar-refractivity contribution in [1.82, 2.24) is 0 Å². The maximum atomic E-state index is 11.8. The van der Waals surface area contributed by atoms with Crippen LogP contribution in [0.25, 0.3) is 0 Å². The molecule has 1 aliphatic rings. The van der Waals surface area contributed by atoms with Crippen LogP contribution in [0.5, 0.6) is 0 Å². The third kappa shape index (κ3) is 2.49. The predicted molar refractivity (Wildman–Crippen MR) is 69.4 cm³/mol. The number of carbonyl (C=O) groups excluding carboxylic acids is 1. The number of ketones is 1. The molecule has 0 heterocycles. The van der Waals surface area contributed by atoms with Gasteiger partial charge in [0.05, 0.1) is 0 Å². The van der Waals surface area contributed by atoms with Crippen molar-refractivity contribution in [3.8, 4) is 0 Å². The van der Waals surface area contributed by atoms with Gasteiger partial charge in [0, 0.05) is 12.8 Å². The Bertz CT molecular complexity index is 228. The Morgan fingerprint density at radius 3 is 2.19 bits per heavy atom. The van der Waals surface area contributed by atoms with Crippen molar-refractivity contribution >= 4 is 5.78 Å². The van der Waals surface area contributed by atoms with Crippen molar-refractivity contribution in [2.24, 2.45) is 17.3 Å². The number of carbonyl (C=O) groups is 1. The maximum absolute atomic E-state index is 11.8. The van der Waals surface area contributed by atoms with Gasteiger partial charge in [-0.3, -0.25) is 4.79 Å². The van der Waals surface area contributed by atoms with Gasteiger partial charge in [-0.15, -0.1) is 0 Å². The van der Waals surface area contributed by atoms with E-state index >= 15 is 0 Å². The first-order valence-corrected chi connectivity index (χ1v) is 7.15. The molecule has 0 amide bonds. The van der Waals surface area contributed by atoms with Crippen molar-refractivity contribution in [3.63, 3.8) is 0 Å². The SMILES string of the molecule is CCC1CC(=O)CCC(CC)(CC)C1CC. The van der Waals surface area contributed by atoms with Crippen LogP contribution in [-0.2, 0) is 4.79 Å². The Morgan fingerprint density at radius 2 is 1.75 bits per heavy atom. The fourth-order valence-electron chi connectivity index (χ4n) is 3.93. The zero-order chi connectivity index (χ0) is 12.2. The minimum atomic E-state index is 0.446. The molecule has 1 heteroatoms. The summed E-state index contributed by atoms with van der Waals surface area (Å²) in [5, 5.41) is 0. The normalized spacial score (nSPS) is 30.1. The first-order chi connectivity index (χ1) is 7.63. The van der Waals surface area contributed by atoms with Gasteiger partial charge in [-0.2, -0.15) is 0 Å². The predicted octanol–water partition coefficient (Wildman–Crippen LogP) is 4.60. The summed E-state index contributed by atoms with van der Waals surface area (Å²) >= 11 is 0. The molecular formula is C15H28O. The highest BCUT2D eigenvalue weighted by Gasteiger charge is 2.41. The average molecular weight is 224 g/mol. The second-order valence-electron chi connectivity index (χ2n) is 5.50. The van der Waals surface area contributed by atoms with Crippen LogP contribution >= 0.6 is 0 Å². The van der Waals surface area contributed by atoms with Gasteiger partial charge in [-0.05, 0) is 23.7 Å². The molecule has 2 atom stereocenters. The van der Waals surface area contributed by atoms with Gasteiger partial charge in [0.1, 0.15) is 5.78 Å². The molecule has 0 aromatic carbocycles. The fourth-order valence-corrected chi connectivity index (χ4v) is 3.93. The number of rotatable bonds is 4. The van der Waals surface area contributed by atoms with Gasteiger partial charge in [0.2, 0.25) is 0 Å². The second kappa shape index (κ2) is 5.84. The lowest BCUT2D eigenvalue weighted by atomic mass is 9.63. The molecule has 0 spiro atoms. The van der Waals surface area contributed by atoms with E-state index in [0.29, 0.717) is 17.1 Å². The largest absolute Gasteiger partial charge is 0.300 e. The van der Waals surface area contributed by atoms with E-state index in [1.54, 1.807) is 0 Å². The molecule has 0 aromatic rings. The molecule has 0 aliphatic heterocycles. The van der Waals surface area contributed by atoms with Crippen LogP contribution in [0.15, 0.2) is 0 Å². The van der Waals surface area contributed by atoms with Crippen LogP contribution in [0.4, 0.5) is 0 Å². The summed E-state index contributed by atoms with van der Waals surface area (Å²) in [6.07, 6.45) is 7.70. The maximum Gasteiger partial charge on any atom is 0.133 e. The molecule has 1 saturated carbocycles. The topological polar surface area (TPSA) is 17.1 Å². The van der Waals surface area contributed by atoms with Crippen LogP contribution in [0.2, 0.25) is 0 Å². The van der Waals surface area contributed by atoms with Gasteiger partial charge < -0.3 is 0 Å². The quantitative estimate of drug-likeness (QED) is 0.638. The zero-order valence-corrected chi connectivity index (χ0v) is 11.5. The first-order valence-electron chi connectivity index (χ1n) is 7.15. The number of hydrogen-bond donors (Lipinski definition) is 0. The molecule has 0 bridgehead atoms. The van der Waals surface area contributed by atoms with Crippen molar-refractivity contribution in [1.29, 1.82) is 0 Å².